The average Bonchev–Trinajstić information content (AvgIpc) is 1.81. The van der Waals surface area contributed by atoms with E-state index in [1.54, 1.807) is 18.2 Å². The Hall–Kier alpha value is -1.23. The van der Waals surface area contributed by atoms with Gasteiger partial charge in [-0.25, -0.2) is 8.42 Å². The molecule has 1 aromatic rings. The Labute approximate surface area is 72.5 Å². The number of nitrogen functional groups attached to an aromatic ring is 1. The lowest BCUT2D eigenvalue weighted by Crippen LogP contribution is -1.96. The van der Waals surface area contributed by atoms with Crippen LogP contribution in [0.15, 0.2) is 18.2 Å². The van der Waals surface area contributed by atoms with E-state index in [0.29, 0.717) is 11.4 Å². The zero-order valence-electron chi connectivity index (χ0n) is 6.57. The van der Waals surface area contributed by atoms with Crippen molar-refractivity contribution in [3.05, 3.63) is 23.8 Å². The lowest BCUT2D eigenvalue weighted by molar-refractivity contribution is 0.619. The summed E-state index contributed by atoms with van der Waals surface area (Å²) in [6.07, 6.45) is 0. The van der Waals surface area contributed by atoms with E-state index in [1.807, 2.05) is 6.92 Å². The molecule has 0 bridgehead atoms. The minimum atomic E-state index is -2.61. The fourth-order valence-corrected chi connectivity index (χ4v) is 1.32. The molecule has 0 aliphatic heterocycles. The van der Waals surface area contributed by atoms with Crippen LogP contribution in [0.2, 0.25) is 0 Å². The Balaban J connectivity index is 3.00. The predicted molar refractivity (Wildman–Crippen MR) is 49.5 cm³/mol. The summed E-state index contributed by atoms with van der Waals surface area (Å²) >= 11 is 0. The standard InChI is InChI=1S/C7H10N2O2S/c1-5-2-6(8)4-7(3-5)9-12(10)11/h2-4,12H,8H2,1H3,(H,9,10,11). The number of rotatable bonds is 2. The number of nitrogens with two attached hydrogens (primary N) is 1. The summed E-state index contributed by atoms with van der Waals surface area (Å²) in [7, 11) is -2.61. The van der Waals surface area contributed by atoms with Crippen LogP contribution in [0.3, 0.4) is 0 Å². The minimum absolute atomic E-state index is 0.503. The molecule has 0 heterocycles. The third-order valence-corrected chi connectivity index (χ3v) is 1.76. The number of hydrogen-bond acceptors (Lipinski definition) is 3. The molecule has 12 heavy (non-hydrogen) atoms. The van der Waals surface area contributed by atoms with Gasteiger partial charge in [-0.05, 0) is 30.7 Å². The molecule has 0 aromatic heterocycles. The zero-order chi connectivity index (χ0) is 9.14. The molecule has 0 unspecified atom stereocenters. The van der Waals surface area contributed by atoms with Crippen LogP contribution in [0.25, 0.3) is 0 Å². The molecule has 1 aromatic carbocycles. The van der Waals surface area contributed by atoms with Crippen molar-refractivity contribution in [2.24, 2.45) is 0 Å². The van der Waals surface area contributed by atoms with Crippen LogP contribution in [-0.4, -0.2) is 8.42 Å². The smallest absolute Gasteiger partial charge is 0.222 e. The van der Waals surface area contributed by atoms with Crippen LogP contribution in [0.1, 0.15) is 5.56 Å². The predicted octanol–water partition coefficient (Wildman–Crippen LogP) is 0.516. The van der Waals surface area contributed by atoms with Crippen LogP contribution < -0.4 is 10.5 Å². The summed E-state index contributed by atoms with van der Waals surface area (Å²) < 4.78 is 22.8. The summed E-state index contributed by atoms with van der Waals surface area (Å²) in [6.45, 7) is 1.85. The van der Waals surface area contributed by atoms with Crippen molar-refractivity contribution in [2.45, 2.75) is 6.92 Å². The molecule has 0 amide bonds. The fourth-order valence-electron chi connectivity index (χ4n) is 0.983. The van der Waals surface area contributed by atoms with Gasteiger partial charge in [-0.15, -0.1) is 0 Å². The molecule has 1 rings (SSSR count). The fraction of sp³-hybridized carbons (Fsp3) is 0.143. The van der Waals surface area contributed by atoms with Gasteiger partial charge in [0.25, 0.3) is 0 Å². The van der Waals surface area contributed by atoms with Crippen LogP contribution in [0, 0.1) is 6.92 Å². The first-order chi connectivity index (χ1) is 5.58. The highest BCUT2D eigenvalue weighted by atomic mass is 32.2. The average molecular weight is 186 g/mol. The molecule has 0 saturated heterocycles. The summed E-state index contributed by atoms with van der Waals surface area (Å²) in [6, 6.07) is 5.04. The summed E-state index contributed by atoms with van der Waals surface area (Å²) in [5.41, 5.74) is 7.48. The number of hydrogen-bond donors (Lipinski definition) is 3. The van der Waals surface area contributed by atoms with Gasteiger partial charge >= 0.3 is 0 Å². The maximum atomic E-state index is 10.3. The zero-order valence-corrected chi connectivity index (χ0v) is 7.47. The molecular weight excluding hydrogens is 176 g/mol. The van der Waals surface area contributed by atoms with Crippen molar-refractivity contribution in [3.8, 4) is 0 Å². The highest BCUT2D eigenvalue weighted by Crippen LogP contribution is 2.15. The second-order valence-corrected chi connectivity index (χ2v) is 3.24. The maximum Gasteiger partial charge on any atom is 0.222 e. The quantitative estimate of drug-likeness (QED) is 0.465. The summed E-state index contributed by atoms with van der Waals surface area (Å²) in [5, 5.41) is 0. The van der Waals surface area contributed by atoms with Gasteiger partial charge in [-0.1, -0.05) is 0 Å². The Morgan fingerprint density at radius 2 is 2.00 bits per heavy atom. The van der Waals surface area contributed by atoms with Crippen LogP contribution in [0.4, 0.5) is 11.4 Å². The number of benzene rings is 1. The van der Waals surface area contributed by atoms with E-state index in [9.17, 15) is 8.42 Å². The SMILES string of the molecule is Cc1cc(N)cc(N[SH](=O)=O)c1. The molecule has 66 valence electrons. The van der Waals surface area contributed by atoms with E-state index in [4.69, 9.17) is 5.73 Å². The topological polar surface area (TPSA) is 72.2 Å². The number of anilines is 2. The van der Waals surface area contributed by atoms with Gasteiger partial charge in [-0.2, -0.15) is 0 Å². The molecule has 4 nitrogen and oxygen atoms in total. The lowest BCUT2D eigenvalue weighted by atomic mass is 10.2. The van der Waals surface area contributed by atoms with Crippen molar-refractivity contribution >= 4 is 22.3 Å². The van der Waals surface area contributed by atoms with Crippen LogP contribution in [0.5, 0.6) is 0 Å². The molecule has 0 aliphatic carbocycles. The molecule has 0 fully saturated rings. The first-order valence-corrected chi connectivity index (χ1v) is 4.54. The van der Waals surface area contributed by atoms with E-state index < -0.39 is 10.9 Å². The Kier molecular flexibility index (Phi) is 2.54. The van der Waals surface area contributed by atoms with E-state index in [1.165, 1.54) is 0 Å². The van der Waals surface area contributed by atoms with Gasteiger partial charge in [0.15, 0.2) is 0 Å². The van der Waals surface area contributed by atoms with E-state index in [-0.39, 0.29) is 0 Å². The molecule has 0 spiro atoms. The second-order valence-electron chi connectivity index (χ2n) is 2.50. The Morgan fingerprint density at radius 3 is 2.50 bits per heavy atom. The molecular formula is C7H10N2O2S. The number of nitrogens with one attached hydrogen (secondary N) is 1. The monoisotopic (exact) mass is 186 g/mol. The third-order valence-electron chi connectivity index (χ3n) is 1.32. The Bertz CT molecular complexity index is 332. The molecule has 0 saturated carbocycles. The van der Waals surface area contributed by atoms with E-state index in [0.717, 1.165) is 5.56 Å². The van der Waals surface area contributed by atoms with E-state index in [2.05, 4.69) is 4.72 Å². The molecule has 3 N–H and O–H groups in total. The molecule has 0 aliphatic rings. The Morgan fingerprint density at radius 1 is 1.33 bits per heavy atom. The highest BCUT2D eigenvalue weighted by molar-refractivity contribution is 7.73. The lowest BCUT2D eigenvalue weighted by Gasteiger charge is -2.01. The van der Waals surface area contributed by atoms with Crippen LogP contribution in [-0.2, 0) is 10.9 Å². The minimum Gasteiger partial charge on any atom is -0.399 e. The van der Waals surface area contributed by atoms with Crippen molar-refractivity contribution in [1.29, 1.82) is 0 Å². The summed E-state index contributed by atoms with van der Waals surface area (Å²) in [4.78, 5) is 0. The van der Waals surface area contributed by atoms with Crippen molar-refractivity contribution in [1.82, 2.24) is 0 Å². The first kappa shape index (κ1) is 8.86. The van der Waals surface area contributed by atoms with Gasteiger partial charge in [0.05, 0.1) is 5.69 Å². The second kappa shape index (κ2) is 3.44. The van der Waals surface area contributed by atoms with Gasteiger partial charge in [-0.3, -0.25) is 4.72 Å². The number of aryl methyl sites for hydroxylation is 1. The van der Waals surface area contributed by atoms with Crippen molar-refractivity contribution in [3.63, 3.8) is 0 Å². The van der Waals surface area contributed by atoms with Gasteiger partial charge in [0.1, 0.15) is 0 Å². The number of thiol groups is 1. The third kappa shape index (κ3) is 2.43. The van der Waals surface area contributed by atoms with E-state index >= 15 is 0 Å². The normalized spacial score (nSPS) is 10.2. The summed E-state index contributed by atoms with van der Waals surface area (Å²) in [5.74, 6) is 0. The molecule has 5 heteroatoms. The van der Waals surface area contributed by atoms with Crippen molar-refractivity contribution < 1.29 is 8.42 Å². The maximum absolute atomic E-state index is 10.3. The first-order valence-electron chi connectivity index (χ1n) is 3.36. The van der Waals surface area contributed by atoms with Gasteiger partial charge in [0, 0.05) is 5.69 Å². The van der Waals surface area contributed by atoms with Crippen LogP contribution >= 0.6 is 0 Å². The largest absolute Gasteiger partial charge is 0.399 e. The van der Waals surface area contributed by atoms with Crippen molar-refractivity contribution in [2.75, 3.05) is 10.5 Å². The van der Waals surface area contributed by atoms with Gasteiger partial charge in [0.2, 0.25) is 10.9 Å². The molecule has 0 atom stereocenters. The molecule has 0 radical (unpaired) electrons. The highest BCUT2D eigenvalue weighted by Gasteiger charge is 1.94. The van der Waals surface area contributed by atoms with Gasteiger partial charge < -0.3 is 5.73 Å².